The van der Waals surface area contributed by atoms with Crippen molar-refractivity contribution in [3.8, 4) is 0 Å². The molecule has 1 rings (SSSR count). The number of nitrogens with one attached hydrogen (secondary N) is 1. The summed E-state index contributed by atoms with van der Waals surface area (Å²) in [6.45, 7) is 4.90. The molecule has 1 saturated carbocycles. The van der Waals surface area contributed by atoms with E-state index in [0.717, 1.165) is 6.54 Å². The second-order valence-electron chi connectivity index (χ2n) is 4.91. The summed E-state index contributed by atoms with van der Waals surface area (Å²) >= 11 is 0. The molecule has 0 spiro atoms. The summed E-state index contributed by atoms with van der Waals surface area (Å²) in [5.74, 6) is 0.369. The molecule has 0 amide bonds. The maximum Gasteiger partial charge on any atom is 0.0687 e. The molecule has 0 aromatic carbocycles. The zero-order valence-electron chi connectivity index (χ0n) is 9.63. The molecule has 2 N–H and O–H groups in total. The van der Waals surface area contributed by atoms with Gasteiger partial charge in [0.25, 0.3) is 0 Å². The number of rotatable bonds is 4. The van der Waals surface area contributed by atoms with Crippen molar-refractivity contribution in [2.75, 3.05) is 6.54 Å². The van der Waals surface area contributed by atoms with Crippen molar-refractivity contribution in [2.24, 2.45) is 5.92 Å². The zero-order chi connectivity index (χ0) is 10.4. The van der Waals surface area contributed by atoms with E-state index in [4.69, 9.17) is 0 Å². The highest BCUT2D eigenvalue weighted by Crippen LogP contribution is 2.17. The van der Waals surface area contributed by atoms with E-state index < -0.39 is 0 Å². The molecule has 14 heavy (non-hydrogen) atoms. The zero-order valence-corrected chi connectivity index (χ0v) is 9.63. The first-order valence-corrected chi connectivity index (χ1v) is 6.11. The van der Waals surface area contributed by atoms with Gasteiger partial charge in [-0.2, -0.15) is 0 Å². The van der Waals surface area contributed by atoms with Crippen molar-refractivity contribution in [1.29, 1.82) is 0 Å². The van der Waals surface area contributed by atoms with Gasteiger partial charge in [0.15, 0.2) is 0 Å². The Bertz CT molecular complexity index is 139. The summed E-state index contributed by atoms with van der Waals surface area (Å²) < 4.78 is 0. The van der Waals surface area contributed by atoms with Crippen LogP contribution in [0.2, 0.25) is 0 Å². The smallest absolute Gasteiger partial charge is 0.0687 e. The van der Waals surface area contributed by atoms with Crippen LogP contribution in [0.5, 0.6) is 0 Å². The topological polar surface area (TPSA) is 32.3 Å². The molecule has 0 aliphatic heterocycles. The van der Waals surface area contributed by atoms with Crippen molar-refractivity contribution in [1.82, 2.24) is 5.32 Å². The molecule has 2 nitrogen and oxygen atoms in total. The third-order valence-corrected chi connectivity index (χ3v) is 3.24. The van der Waals surface area contributed by atoms with Gasteiger partial charge in [0.2, 0.25) is 0 Å². The van der Waals surface area contributed by atoms with Gasteiger partial charge in [0.1, 0.15) is 0 Å². The predicted octanol–water partition coefficient (Wildman–Crippen LogP) is 2.32. The Hall–Kier alpha value is -0.0800. The van der Waals surface area contributed by atoms with Crippen LogP contribution in [0.25, 0.3) is 0 Å². The van der Waals surface area contributed by atoms with E-state index in [9.17, 15) is 5.11 Å². The van der Waals surface area contributed by atoms with Crippen LogP contribution in [-0.4, -0.2) is 23.8 Å². The van der Waals surface area contributed by atoms with E-state index in [0.29, 0.717) is 12.0 Å². The molecule has 1 atom stereocenters. The first-order chi connectivity index (χ1) is 6.70. The molecule has 0 saturated heterocycles. The molecule has 0 aromatic rings. The van der Waals surface area contributed by atoms with Crippen molar-refractivity contribution in [3.63, 3.8) is 0 Å². The van der Waals surface area contributed by atoms with Gasteiger partial charge in [0.05, 0.1) is 6.10 Å². The third-order valence-electron chi connectivity index (χ3n) is 3.24. The fraction of sp³-hybridized carbons (Fsp3) is 1.00. The van der Waals surface area contributed by atoms with E-state index in [-0.39, 0.29) is 6.10 Å². The highest BCUT2D eigenvalue weighted by Gasteiger charge is 2.14. The standard InChI is InChI=1S/C12H25NO/c1-10(2)12(14)9-13-11-7-5-3-4-6-8-11/h10-14H,3-9H2,1-2H3. The van der Waals surface area contributed by atoms with Crippen molar-refractivity contribution < 1.29 is 5.11 Å². The van der Waals surface area contributed by atoms with Crippen LogP contribution in [0, 0.1) is 5.92 Å². The highest BCUT2D eigenvalue weighted by atomic mass is 16.3. The van der Waals surface area contributed by atoms with Gasteiger partial charge in [0, 0.05) is 12.6 Å². The molecule has 2 heteroatoms. The van der Waals surface area contributed by atoms with Crippen LogP contribution >= 0.6 is 0 Å². The molecule has 1 unspecified atom stereocenters. The highest BCUT2D eigenvalue weighted by molar-refractivity contribution is 4.73. The van der Waals surface area contributed by atoms with Gasteiger partial charge in [-0.15, -0.1) is 0 Å². The first kappa shape index (κ1) is 12.0. The number of aliphatic hydroxyl groups is 1. The second kappa shape index (κ2) is 6.41. The Morgan fingerprint density at radius 3 is 2.21 bits per heavy atom. The van der Waals surface area contributed by atoms with Gasteiger partial charge < -0.3 is 10.4 Å². The minimum absolute atomic E-state index is 0.182. The first-order valence-electron chi connectivity index (χ1n) is 6.11. The predicted molar refractivity (Wildman–Crippen MR) is 60.3 cm³/mol. The molecular formula is C12H25NO. The van der Waals surface area contributed by atoms with Gasteiger partial charge in [-0.3, -0.25) is 0 Å². The average Bonchev–Trinajstić information content (AvgIpc) is 2.42. The quantitative estimate of drug-likeness (QED) is 0.681. The van der Waals surface area contributed by atoms with E-state index in [1.165, 1.54) is 38.5 Å². The summed E-state index contributed by atoms with van der Waals surface area (Å²) in [7, 11) is 0. The Labute approximate surface area is 88.1 Å². The fourth-order valence-electron chi connectivity index (χ4n) is 2.01. The summed E-state index contributed by atoms with van der Waals surface area (Å²) in [6, 6.07) is 0.658. The Kier molecular flexibility index (Phi) is 5.49. The van der Waals surface area contributed by atoms with Crippen LogP contribution in [0.4, 0.5) is 0 Å². The third kappa shape index (κ3) is 4.43. The molecular weight excluding hydrogens is 174 g/mol. The number of hydrogen-bond acceptors (Lipinski definition) is 2. The fourth-order valence-corrected chi connectivity index (χ4v) is 2.01. The molecule has 84 valence electrons. The normalized spacial score (nSPS) is 22.3. The second-order valence-corrected chi connectivity index (χ2v) is 4.91. The molecule has 1 fully saturated rings. The summed E-state index contributed by atoms with van der Waals surface area (Å²) in [5.41, 5.74) is 0. The Morgan fingerprint density at radius 1 is 1.14 bits per heavy atom. The van der Waals surface area contributed by atoms with Gasteiger partial charge >= 0.3 is 0 Å². The van der Waals surface area contributed by atoms with Gasteiger partial charge in [-0.05, 0) is 18.8 Å². The SMILES string of the molecule is CC(C)C(O)CNC1CCCCCC1. The molecule has 0 heterocycles. The molecule has 1 aliphatic rings. The lowest BCUT2D eigenvalue weighted by Crippen LogP contribution is -2.37. The Balaban J connectivity index is 2.15. The molecule has 1 aliphatic carbocycles. The van der Waals surface area contributed by atoms with Crippen LogP contribution < -0.4 is 5.32 Å². The Morgan fingerprint density at radius 2 is 1.71 bits per heavy atom. The van der Waals surface area contributed by atoms with E-state index in [1.54, 1.807) is 0 Å². The minimum Gasteiger partial charge on any atom is -0.392 e. The van der Waals surface area contributed by atoms with E-state index >= 15 is 0 Å². The van der Waals surface area contributed by atoms with Crippen molar-refractivity contribution in [3.05, 3.63) is 0 Å². The van der Waals surface area contributed by atoms with Gasteiger partial charge in [-0.1, -0.05) is 39.5 Å². The summed E-state index contributed by atoms with van der Waals surface area (Å²) in [4.78, 5) is 0. The van der Waals surface area contributed by atoms with E-state index in [1.807, 2.05) is 0 Å². The van der Waals surface area contributed by atoms with E-state index in [2.05, 4.69) is 19.2 Å². The van der Waals surface area contributed by atoms with Gasteiger partial charge in [-0.25, -0.2) is 0 Å². The van der Waals surface area contributed by atoms with Crippen molar-refractivity contribution >= 4 is 0 Å². The lowest BCUT2D eigenvalue weighted by Gasteiger charge is -2.20. The average molecular weight is 199 g/mol. The summed E-state index contributed by atoms with van der Waals surface area (Å²) in [5, 5.41) is 13.2. The maximum atomic E-state index is 9.66. The monoisotopic (exact) mass is 199 g/mol. The van der Waals surface area contributed by atoms with Crippen LogP contribution in [0.3, 0.4) is 0 Å². The maximum absolute atomic E-state index is 9.66. The van der Waals surface area contributed by atoms with Crippen molar-refractivity contribution in [2.45, 2.75) is 64.5 Å². The summed E-state index contributed by atoms with van der Waals surface area (Å²) in [6.07, 6.45) is 7.91. The molecule has 0 aromatic heterocycles. The number of hydrogen-bond donors (Lipinski definition) is 2. The number of aliphatic hydroxyl groups excluding tert-OH is 1. The van der Waals surface area contributed by atoms with Crippen LogP contribution in [0.15, 0.2) is 0 Å². The minimum atomic E-state index is -0.182. The lowest BCUT2D eigenvalue weighted by molar-refractivity contribution is 0.119. The molecule has 0 bridgehead atoms. The van der Waals surface area contributed by atoms with Crippen LogP contribution in [-0.2, 0) is 0 Å². The van der Waals surface area contributed by atoms with Crippen LogP contribution in [0.1, 0.15) is 52.4 Å². The molecule has 0 radical (unpaired) electrons. The largest absolute Gasteiger partial charge is 0.392 e. The lowest BCUT2D eigenvalue weighted by atomic mass is 10.1.